The third-order valence-electron chi connectivity index (χ3n) is 3.80. The smallest absolute Gasteiger partial charge is 0.419 e. The van der Waals surface area contributed by atoms with Crippen LogP contribution in [0.5, 0.6) is 17.5 Å². The quantitative estimate of drug-likeness (QED) is 0.790. The van der Waals surface area contributed by atoms with Crippen molar-refractivity contribution in [1.29, 1.82) is 0 Å². The highest BCUT2D eigenvalue weighted by Crippen LogP contribution is 2.38. The number of anilines is 1. The fraction of sp³-hybridized carbons (Fsp3) is 0.312. The average Bonchev–Trinajstić information content (AvgIpc) is 2.81. The summed E-state index contributed by atoms with van der Waals surface area (Å²) < 4.78 is 48.8. The molecule has 3 rings (SSSR count). The maximum atomic E-state index is 12.9. The molecule has 1 aromatic heterocycles. The Morgan fingerprint density at radius 1 is 1.21 bits per heavy atom. The number of aromatic nitrogens is 3. The van der Waals surface area contributed by atoms with Crippen molar-refractivity contribution in [2.24, 2.45) is 0 Å². The number of carbonyl (C=O) groups excluding carboxylic acids is 2. The molecule has 1 aliphatic heterocycles. The molecule has 28 heavy (non-hydrogen) atoms. The number of ether oxygens (including phenoxy) is 2. The Labute approximate surface area is 156 Å². The first-order valence-corrected chi connectivity index (χ1v) is 7.82. The second kappa shape index (κ2) is 6.62. The van der Waals surface area contributed by atoms with Crippen molar-refractivity contribution in [3.05, 3.63) is 30.0 Å². The van der Waals surface area contributed by atoms with Crippen LogP contribution >= 0.6 is 0 Å². The number of carbonyl (C=O) groups is 2. The van der Waals surface area contributed by atoms with Gasteiger partial charge in [0.25, 0.3) is 5.91 Å². The van der Waals surface area contributed by atoms with E-state index in [1.165, 1.54) is 13.8 Å². The molecule has 9 nitrogen and oxygen atoms in total. The Balaban J connectivity index is 1.88. The maximum absolute atomic E-state index is 12.9. The number of nitrogens with zero attached hydrogens (tertiary/aromatic N) is 4. The SMILES string of the molecule is COc1cc(Oc2nncc(N3C(=O)NC(C)(C)C3=O)n2)ccc1C(F)(F)F. The number of nitrogens with one attached hydrogen (secondary N) is 1. The van der Waals surface area contributed by atoms with Crippen LogP contribution in [0.4, 0.5) is 23.8 Å². The van der Waals surface area contributed by atoms with Gasteiger partial charge in [0.15, 0.2) is 5.82 Å². The molecule has 0 aliphatic carbocycles. The second-order valence-corrected chi connectivity index (χ2v) is 6.25. The number of hydrogen-bond acceptors (Lipinski definition) is 7. The fourth-order valence-corrected chi connectivity index (χ4v) is 2.46. The first-order chi connectivity index (χ1) is 13.0. The molecule has 1 saturated heterocycles. The molecule has 0 bridgehead atoms. The van der Waals surface area contributed by atoms with Gasteiger partial charge in [-0.05, 0) is 26.0 Å². The summed E-state index contributed by atoms with van der Waals surface area (Å²) in [7, 11) is 1.09. The third-order valence-corrected chi connectivity index (χ3v) is 3.80. The van der Waals surface area contributed by atoms with Gasteiger partial charge in [-0.2, -0.15) is 23.3 Å². The number of halogens is 3. The highest BCUT2D eigenvalue weighted by atomic mass is 19.4. The van der Waals surface area contributed by atoms with Gasteiger partial charge >= 0.3 is 18.2 Å². The molecule has 0 atom stereocenters. The highest BCUT2D eigenvalue weighted by molar-refractivity contribution is 6.22. The molecular formula is C16H14F3N5O4. The zero-order valence-corrected chi connectivity index (χ0v) is 14.9. The van der Waals surface area contributed by atoms with E-state index in [1.54, 1.807) is 0 Å². The van der Waals surface area contributed by atoms with Gasteiger partial charge in [0.05, 0.1) is 18.9 Å². The number of imide groups is 1. The zero-order valence-electron chi connectivity index (χ0n) is 14.9. The van der Waals surface area contributed by atoms with E-state index in [0.29, 0.717) is 0 Å². The van der Waals surface area contributed by atoms with Crippen molar-refractivity contribution < 1.29 is 32.2 Å². The maximum Gasteiger partial charge on any atom is 0.419 e. The second-order valence-electron chi connectivity index (χ2n) is 6.25. The van der Waals surface area contributed by atoms with E-state index in [0.717, 1.165) is 36.4 Å². The molecule has 0 spiro atoms. The molecule has 1 fully saturated rings. The lowest BCUT2D eigenvalue weighted by atomic mass is 10.1. The number of benzene rings is 1. The van der Waals surface area contributed by atoms with Gasteiger partial charge in [-0.1, -0.05) is 5.10 Å². The van der Waals surface area contributed by atoms with Gasteiger partial charge in [0.2, 0.25) is 0 Å². The molecule has 2 heterocycles. The van der Waals surface area contributed by atoms with Crippen molar-refractivity contribution >= 4 is 17.8 Å². The number of methoxy groups -OCH3 is 1. The average molecular weight is 397 g/mol. The van der Waals surface area contributed by atoms with Crippen LogP contribution < -0.4 is 19.7 Å². The van der Waals surface area contributed by atoms with Gasteiger partial charge in [0.1, 0.15) is 17.0 Å². The Morgan fingerprint density at radius 2 is 1.93 bits per heavy atom. The number of alkyl halides is 3. The van der Waals surface area contributed by atoms with Crippen LogP contribution in [-0.4, -0.2) is 39.8 Å². The van der Waals surface area contributed by atoms with E-state index < -0.39 is 35.0 Å². The lowest BCUT2D eigenvalue weighted by Gasteiger charge is -2.15. The van der Waals surface area contributed by atoms with E-state index >= 15 is 0 Å². The molecule has 1 aliphatic rings. The third kappa shape index (κ3) is 3.52. The molecular weight excluding hydrogens is 383 g/mol. The summed E-state index contributed by atoms with van der Waals surface area (Å²) in [6.45, 7) is 3.04. The standard InChI is InChI=1S/C16H14F3N5O4/c1-15(2)12(25)24(14(26)22-15)11-7-20-23-13(21-11)28-8-4-5-9(16(17,18)19)10(6-8)27-3/h4-7H,1-3H3,(H,22,26). The summed E-state index contributed by atoms with van der Waals surface area (Å²) in [5.74, 6) is -1.21. The van der Waals surface area contributed by atoms with Crippen molar-refractivity contribution in [2.45, 2.75) is 25.6 Å². The number of rotatable bonds is 4. The minimum absolute atomic E-state index is 0.0543. The summed E-state index contributed by atoms with van der Waals surface area (Å²) in [5.41, 5.74) is -2.10. The molecule has 0 radical (unpaired) electrons. The summed E-state index contributed by atoms with van der Waals surface area (Å²) in [6.07, 6.45) is -3.52. The van der Waals surface area contributed by atoms with Crippen LogP contribution in [0, 0.1) is 0 Å². The summed E-state index contributed by atoms with van der Waals surface area (Å²) in [6, 6.07) is 1.78. The molecule has 1 N–H and O–H groups in total. The normalized spacial score (nSPS) is 16.1. The predicted molar refractivity (Wildman–Crippen MR) is 88.0 cm³/mol. The Hall–Kier alpha value is -3.44. The van der Waals surface area contributed by atoms with Crippen molar-refractivity contribution in [3.8, 4) is 17.5 Å². The Morgan fingerprint density at radius 3 is 2.50 bits per heavy atom. The van der Waals surface area contributed by atoms with E-state index in [2.05, 4.69) is 20.5 Å². The lowest BCUT2D eigenvalue weighted by Crippen LogP contribution is -2.40. The van der Waals surface area contributed by atoms with Crippen LogP contribution in [0.2, 0.25) is 0 Å². The molecule has 3 amide bonds. The topological polar surface area (TPSA) is 107 Å². The zero-order chi connectivity index (χ0) is 20.7. The number of urea groups is 1. The summed E-state index contributed by atoms with van der Waals surface area (Å²) in [4.78, 5) is 29.0. The monoisotopic (exact) mass is 397 g/mol. The first-order valence-electron chi connectivity index (χ1n) is 7.82. The first kappa shape index (κ1) is 19.3. The number of amides is 3. The van der Waals surface area contributed by atoms with Crippen LogP contribution in [0.15, 0.2) is 24.4 Å². The van der Waals surface area contributed by atoms with Crippen LogP contribution in [0.1, 0.15) is 19.4 Å². The molecule has 2 aromatic rings. The van der Waals surface area contributed by atoms with Crippen LogP contribution in [0.25, 0.3) is 0 Å². The van der Waals surface area contributed by atoms with Gasteiger partial charge in [-0.15, -0.1) is 0 Å². The molecule has 0 saturated carbocycles. The van der Waals surface area contributed by atoms with Gasteiger partial charge in [-0.25, -0.2) is 9.69 Å². The molecule has 148 valence electrons. The summed E-state index contributed by atoms with van der Waals surface area (Å²) >= 11 is 0. The van der Waals surface area contributed by atoms with E-state index in [9.17, 15) is 22.8 Å². The van der Waals surface area contributed by atoms with Gasteiger partial charge in [-0.3, -0.25) is 4.79 Å². The predicted octanol–water partition coefficient (Wildman–Crippen LogP) is 2.53. The lowest BCUT2D eigenvalue weighted by molar-refractivity contribution is -0.138. The van der Waals surface area contributed by atoms with E-state index in [1.807, 2.05) is 0 Å². The fourth-order valence-electron chi connectivity index (χ4n) is 2.46. The van der Waals surface area contributed by atoms with Crippen molar-refractivity contribution in [2.75, 3.05) is 12.0 Å². The van der Waals surface area contributed by atoms with E-state index in [-0.39, 0.29) is 17.6 Å². The number of hydrogen-bond donors (Lipinski definition) is 1. The highest BCUT2D eigenvalue weighted by Gasteiger charge is 2.46. The molecule has 0 unspecified atom stereocenters. The van der Waals surface area contributed by atoms with Crippen molar-refractivity contribution in [3.63, 3.8) is 0 Å². The van der Waals surface area contributed by atoms with Gasteiger partial charge < -0.3 is 14.8 Å². The molecule has 1 aromatic carbocycles. The van der Waals surface area contributed by atoms with Crippen molar-refractivity contribution in [1.82, 2.24) is 20.5 Å². The van der Waals surface area contributed by atoms with Crippen LogP contribution in [0.3, 0.4) is 0 Å². The largest absolute Gasteiger partial charge is 0.496 e. The van der Waals surface area contributed by atoms with E-state index in [4.69, 9.17) is 9.47 Å². The minimum atomic E-state index is -4.60. The van der Waals surface area contributed by atoms with Crippen LogP contribution in [-0.2, 0) is 11.0 Å². The Bertz CT molecular complexity index is 948. The molecule has 12 heteroatoms. The van der Waals surface area contributed by atoms with Gasteiger partial charge in [0, 0.05) is 6.07 Å². The minimum Gasteiger partial charge on any atom is -0.496 e. The Kier molecular flexibility index (Phi) is 4.57. The summed E-state index contributed by atoms with van der Waals surface area (Å²) in [5, 5.41) is 9.70.